The molecule has 0 spiro atoms. The van der Waals surface area contributed by atoms with Crippen LogP contribution in [0.2, 0.25) is 0 Å². The third-order valence-corrected chi connectivity index (χ3v) is 3.65. The monoisotopic (exact) mass is 277 g/mol. The molecule has 1 heterocycles. The van der Waals surface area contributed by atoms with Gasteiger partial charge >= 0.3 is 0 Å². The number of nitrogens with zero attached hydrogens (tertiary/aromatic N) is 2. The van der Waals surface area contributed by atoms with E-state index in [1.165, 1.54) is 11.1 Å². The van der Waals surface area contributed by atoms with Crippen LogP contribution in [0.1, 0.15) is 16.8 Å². The van der Waals surface area contributed by atoms with E-state index in [1.54, 1.807) is 0 Å². The molecule has 1 N–H and O–H groups in total. The third kappa shape index (κ3) is 3.14. The van der Waals surface area contributed by atoms with Crippen LogP contribution in [0.4, 0.5) is 5.69 Å². The predicted molar refractivity (Wildman–Crippen MR) is 86.8 cm³/mol. The first-order valence-electron chi connectivity index (χ1n) is 7.13. The first-order chi connectivity index (χ1) is 10.2. The molecule has 3 rings (SSSR count). The van der Waals surface area contributed by atoms with Crippen molar-refractivity contribution in [1.29, 1.82) is 0 Å². The molecule has 1 aromatic heterocycles. The lowest BCUT2D eigenvalue weighted by Crippen LogP contribution is -2.02. The number of hydrogen-bond acceptors (Lipinski definition) is 2. The summed E-state index contributed by atoms with van der Waals surface area (Å²) in [6, 6.07) is 18.6. The maximum Gasteiger partial charge on any atom is 0.0819 e. The number of benzene rings is 2. The lowest BCUT2D eigenvalue weighted by molar-refractivity contribution is 0.844. The lowest BCUT2D eigenvalue weighted by atomic mass is 10.1. The van der Waals surface area contributed by atoms with Gasteiger partial charge in [-0.05, 0) is 55.3 Å². The van der Waals surface area contributed by atoms with Crippen LogP contribution in [0, 0.1) is 13.8 Å². The second-order valence-corrected chi connectivity index (χ2v) is 5.24. The highest BCUT2D eigenvalue weighted by Crippen LogP contribution is 2.15. The highest BCUT2D eigenvalue weighted by molar-refractivity contribution is 5.48. The molecule has 0 aliphatic carbocycles. The fraction of sp³-hybridized carbons (Fsp3) is 0.167. The number of rotatable bonds is 4. The average molecular weight is 277 g/mol. The fourth-order valence-electron chi connectivity index (χ4n) is 2.22. The molecule has 3 heteroatoms. The molecular formula is C18H19N3. The van der Waals surface area contributed by atoms with E-state index >= 15 is 0 Å². The van der Waals surface area contributed by atoms with Crippen molar-refractivity contribution in [2.45, 2.75) is 20.4 Å². The van der Waals surface area contributed by atoms with Crippen LogP contribution in [0.15, 0.2) is 60.8 Å². The molecule has 3 aromatic rings. The minimum Gasteiger partial charge on any atom is -0.379 e. The highest BCUT2D eigenvalue weighted by Gasteiger charge is 2.01. The van der Waals surface area contributed by atoms with Gasteiger partial charge in [-0.3, -0.25) is 0 Å². The molecule has 106 valence electrons. The number of para-hydroxylation sites is 1. The molecule has 0 aliphatic rings. The molecule has 0 fully saturated rings. The summed E-state index contributed by atoms with van der Waals surface area (Å²) < 4.78 is 1.90. The Morgan fingerprint density at radius 1 is 0.952 bits per heavy atom. The van der Waals surface area contributed by atoms with E-state index in [9.17, 15) is 0 Å². The van der Waals surface area contributed by atoms with Gasteiger partial charge in [0.25, 0.3) is 0 Å². The minimum absolute atomic E-state index is 0.725. The summed E-state index contributed by atoms with van der Waals surface area (Å²) in [5.41, 5.74) is 5.85. The molecule has 3 nitrogen and oxygen atoms in total. The van der Waals surface area contributed by atoms with E-state index in [4.69, 9.17) is 0 Å². The van der Waals surface area contributed by atoms with Crippen molar-refractivity contribution < 1.29 is 0 Å². The van der Waals surface area contributed by atoms with Crippen molar-refractivity contribution in [1.82, 2.24) is 9.78 Å². The summed E-state index contributed by atoms with van der Waals surface area (Å²) in [6.07, 6.45) is 1.99. The molecule has 0 amide bonds. The van der Waals surface area contributed by atoms with Crippen molar-refractivity contribution in [2.75, 3.05) is 5.32 Å². The maximum absolute atomic E-state index is 4.59. The number of anilines is 1. The largest absolute Gasteiger partial charge is 0.379 e. The summed E-state index contributed by atoms with van der Waals surface area (Å²) in [5.74, 6) is 0. The van der Waals surface area contributed by atoms with Crippen molar-refractivity contribution in [3.05, 3.63) is 77.6 Å². The van der Waals surface area contributed by atoms with Crippen LogP contribution in [0.3, 0.4) is 0 Å². The Morgan fingerprint density at radius 3 is 2.52 bits per heavy atom. The van der Waals surface area contributed by atoms with Gasteiger partial charge < -0.3 is 5.32 Å². The molecule has 0 unspecified atom stereocenters. The normalized spacial score (nSPS) is 10.6. The first-order valence-corrected chi connectivity index (χ1v) is 7.13. The molecule has 0 saturated heterocycles. The second-order valence-electron chi connectivity index (χ2n) is 5.24. The molecule has 0 aliphatic heterocycles. The summed E-state index contributed by atoms with van der Waals surface area (Å²) in [5, 5.41) is 8.01. The Bertz CT molecular complexity index is 729. The van der Waals surface area contributed by atoms with Crippen LogP contribution in [0.5, 0.6) is 0 Å². The zero-order valence-electron chi connectivity index (χ0n) is 12.4. The van der Waals surface area contributed by atoms with Crippen molar-refractivity contribution >= 4 is 5.69 Å². The Hall–Kier alpha value is -2.55. The van der Waals surface area contributed by atoms with Gasteiger partial charge in [0.1, 0.15) is 0 Å². The Balaban J connectivity index is 1.69. The number of nitrogens with one attached hydrogen (secondary N) is 1. The molecule has 2 aromatic carbocycles. The molecule has 0 atom stereocenters. The fourth-order valence-corrected chi connectivity index (χ4v) is 2.22. The van der Waals surface area contributed by atoms with Crippen molar-refractivity contribution in [2.24, 2.45) is 0 Å². The lowest BCUT2D eigenvalue weighted by Gasteiger charge is -2.07. The number of aromatic nitrogens is 2. The van der Waals surface area contributed by atoms with Gasteiger partial charge in [0, 0.05) is 11.9 Å². The molecule has 0 saturated carbocycles. The van der Waals surface area contributed by atoms with Crippen LogP contribution in [-0.2, 0) is 6.54 Å². The van der Waals surface area contributed by atoms with E-state index < -0.39 is 0 Å². The van der Waals surface area contributed by atoms with E-state index in [0.29, 0.717) is 0 Å². The van der Waals surface area contributed by atoms with Gasteiger partial charge in [0.15, 0.2) is 0 Å². The standard InChI is InChI=1S/C18H19N3/c1-14-8-9-16(12-15(14)2)19-13-17-10-11-21(20-17)18-6-4-3-5-7-18/h3-12,19H,13H2,1-2H3. The van der Waals surface area contributed by atoms with Crippen LogP contribution in [0.25, 0.3) is 5.69 Å². The maximum atomic E-state index is 4.59. The van der Waals surface area contributed by atoms with Crippen LogP contribution >= 0.6 is 0 Å². The Kier molecular flexibility index (Phi) is 3.73. The van der Waals surface area contributed by atoms with Gasteiger partial charge in [0.05, 0.1) is 17.9 Å². The smallest absolute Gasteiger partial charge is 0.0819 e. The zero-order chi connectivity index (χ0) is 14.7. The topological polar surface area (TPSA) is 29.9 Å². The van der Waals surface area contributed by atoms with E-state index in [0.717, 1.165) is 23.6 Å². The van der Waals surface area contributed by atoms with E-state index in [1.807, 2.05) is 47.3 Å². The molecule has 0 radical (unpaired) electrons. The quantitative estimate of drug-likeness (QED) is 0.778. The van der Waals surface area contributed by atoms with Crippen LogP contribution in [-0.4, -0.2) is 9.78 Å². The SMILES string of the molecule is Cc1ccc(NCc2ccn(-c3ccccc3)n2)cc1C. The Labute approximate surface area is 125 Å². The number of hydrogen-bond donors (Lipinski definition) is 1. The second kappa shape index (κ2) is 5.83. The molecule has 21 heavy (non-hydrogen) atoms. The van der Waals surface area contributed by atoms with E-state index in [-0.39, 0.29) is 0 Å². The van der Waals surface area contributed by atoms with Gasteiger partial charge in [-0.2, -0.15) is 5.10 Å². The summed E-state index contributed by atoms with van der Waals surface area (Å²) in [6.45, 7) is 4.98. The van der Waals surface area contributed by atoms with Gasteiger partial charge in [-0.15, -0.1) is 0 Å². The summed E-state index contributed by atoms with van der Waals surface area (Å²) in [7, 11) is 0. The summed E-state index contributed by atoms with van der Waals surface area (Å²) >= 11 is 0. The van der Waals surface area contributed by atoms with Gasteiger partial charge in [-0.25, -0.2) is 4.68 Å². The van der Waals surface area contributed by atoms with Crippen LogP contribution < -0.4 is 5.32 Å². The number of aryl methyl sites for hydroxylation is 2. The highest BCUT2D eigenvalue weighted by atomic mass is 15.3. The zero-order valence-corrected chi connectivity index (χ0v) is 12.4. The van der Waals surface area contributed by atoms with Crippen molar-refractivity contribution in [3.8, 4) is 5.69 Å². The third-order valence-electron chi connectivity index (χ3n) is 3.65. The Morgan fingerprint density at radius 2 is 1.76 bits per heavy atom. The first kappa shape index (κ1) is 13.4. The van der Waals surface area contributed by atoms with Gasteiger partial charge in [-0.1, -0.05) is 24.3 Å². The van der Waals surface area contributed by atoms with E-state index in [2.05, 4.69) is 42.5 Å². The van der Waals surface area contributed by atoms with Gasteiger partial charge in [0.2, 0.25) is 0 Å². The molecule has 0 bridgehead atoms. The summed E-state index contributed by atoms with van der Waals surface area (Å²) in [4.78, 5) is 0. The molecular weight excluding hydrogens is 258 g/mol. The minimum atomic E-state index is 0.725. The average Bonchev–Trinajstić information content (AvgIpc) is 2.98. The predicted octanol–water partition coefficient (Wildman–Crippen LogP) is 4.10. The van der Waals surface area contributed by atoms with Crippen molar-refractivity contribution in [3.63, 3.8) is 0 Å².